The Kier molecular flexibility index (Phi) is 3.47. The molecule has 0 aliphatic carbocycles. The normalized spacial score (nSPS) is 10.1. The SMILES string of the molecule is NC(=S)c1cccc(Nc2ccc(F)cc2F)n1. The first-order valence-corrected chi connectivity index (χ1v) is 5.46. The van der Waals surface area contributed by atoms with Crippen molar-refractivity contribution in [2.45, 2.75) is 0 Å². The molecule has 1 heterocycles. The summed E-state index contributed by atoms with van der Waals surface area (Å²) in [5, 5.41) is 2.73. The maximum atomic E-state index is 13.4. The van der Waals surface area contributed by atoms with Crippen molar-refractivity contribution in [1.82, 2.24) is 4.98 Å². The molecule has 0 unspecified atom stereocenters. The molecule has 18 heavy (non-hydrogen) atoms. The number of thiocarbonyl (C=S) groups is 1. The Morgan fingerprint density at radius 3 is 2.67 bits per heavy atom. The fourth-order valence-corrected chi connectivity index (χ4v) is 1.48. The van der Waals surface area contributed by atoms with Gasteiger partial charge in [0.15, 0.2) is 0 Å². The van der Waals surface area contributed by atoms with E-state index < -0.39 is 11.6 Å². The van der Waals surface area contributed by atoms with Crippen molar-refractivity contribution < 1.29 is 8.78 Å². The van der Waals surface area contributed by atoms with Gasteiger partial charge in [0, 0.05) is 6.07 Å². The Labute approximate surface area is 108 Å². The molecular weight excluding hydrogens is 256 g/mol. The summed E-state index contributed by atoms with van der Waals surface area (Å²) in [6, 6.07) is 8.20. The number of pyridine rings is 1. The molecule has 3 nitrogen and oxygen atoms in total. The van der Waals surface area contributed by atoms with Crippen molar-refractivity contribution >= 4 is 28.7 Å². The third kappa shape index (κ3) is 2.78. The molecule has 1 aromatic carbocycles. The summed E-state index contributed by atoms with van der Waals surface area (Å²) in [6.07, 6.45) is 0. The minimum Gasteiger partial charge on any atom is -0.388 e. The number of nitrogens with two attached hydrogens (primary N) is 1. The zero-order chi connectivity index (χ0) is 13.1. The molecule has 0 aliphatic rings. The van der Waals surface area contributed by atoms with Crippen LogP contribution in [0.1, 0.15) is 5.69 Å². The van der Waals surface area contributed by atoms with E-state index in [-0.39, 0.29) is 10.7 Å². The lowest BCUT2D eigenvalue weighted by atomic mass is 10.3. The Balaban J connectivity index is 2.28. The van der Waals surface area contributed by atoms with Gasteiger partial charge < -0.3 is 11.1 Å². The van der Waals surface area contributed by atoms with E-state index in [1.165, 1.54) is 6.07 Å². The lowest BCUT2D eigenvalue weighted by Crippen LogP contribution is -2.12. The van der Waals surface area contributed by atoms with Crippen molar-refractivity contribution in [2.75, 3.05) is 5.32 Å². The third-order valence-electron chi connectivity index (χ3n) is 2.20. The minimum atomic E-state index is -0.697. The van der Waals surface area contributed by atoms with Crippen LogP contribution >= 0.6 is 12.2 Å². The second-order valence-electron chi connectivity index (χ2n) is 3.52. The van der Waals surface area contributed by atoms with Crippen LogP contribution in [0.2, 0.25) is 0 Å². The molecule has 2 rings (SSSR count). The summed E-state index contributed by atoms with van der Waals surface area (Å²) in [4.78, 5) is 4.24. The monoisotopic (exact) mass is 265 g/mol. The van der Waals surface area contributed by atoms with Crippen molar-refractivity contribution in [3.63, 3.8) is 0 Å². The first-order valence-electron chi connectivity index (χ1n) is 5.05. The number of hydrogen-bond donors (Lipinski definition) is 2. The zero-order valence-electron chi connectivity index (χ0n) is 9.15. The first-order chi connectivity index (χ1) is 8.56. The second-order valence-corrected chi connectivity index (χ2v) is 3.96. The summed E-state index contributed by atoms with van der Waals surface area (Å²) in [5.41, 5.74) is 6.00. The highest BCUT2D eigenvalue weighted by Crippen LogP contribution is 2.19. The Bertz CT molecular complexity index is 602. The molecule has 0 fully saturated rings. The highest BCUT2D eigenvalue weighted by Gasteiger charge is 2.05. The number of anilines is 2. The fraction of sp³-hybridized carbons (Fsp3) is 0. The average molecular weight is 265 g/mol. The van der Waals surface area contributed by atoms with Crippen LogP contribution in [-0.2, 0) is 0 Å². The summed E-state index contributed by atoms with van der Waals surface area (Å²) in [5.74, 6) is -0.953. The van der Waals surface area contributed by atoms with Gasteiger partial charge in [0.2, 0.25) is 0 Å². The van der Waals surface area contributed by atoms with Crippen LogP contribution in [0.4, 0.5) is 20.3 Å². The number of benzene rings is 1. The van der Waals surface area contributed by atoms with E-state index >= 15 is 0 Å². The maximum Gasteiger partial charge on any atom is 0.149 e. The second kappa shape index (κ2) is 5.05. The minimum absolute atomic E-state index is 0.129. The van der Waals surface area contributed by atoms with Gasteiger partial charge in [0.1, 0.15) is 22.4 Å². The predicted molar refractivity (Wildman–Crippen MR) is 69.8 cm³/mol. The van der Waals surface area contributed by atoms with Crippen LogP contribution in [0.3, 0.4) is 0 Å². The van der Waals surface area contributed by atoms with Crippen molar-refractivity contribution in [2.24, 2.45) is 5.73 Å². The van der Waals surface area contributed by atoms with Crippen LogP contribution in [0.25, 0.3) is 0 Å². The molecule has 3 N–H and O–H groups in total. The Morgan fingerprint density at radius 2 is 2.00 bits per heavy atom. The molecule has 0 saturated carbocycles. The number of hydrogen-bond acceptors (Lipinski definition) is 3. The zero-order valence-corrected chi connectivity index (χ0v) is 9.97. The molecule has 0 amide bonds. The molecule has 2 aromatic rings. The number of rotatable bonds is 3. The summed E-state index contributed by atoms with van der Waals surface area (Å²) in [6.45, 7) is 0. The summed E-state index contributed by atoms with van der Waals surface area (Å²) >= 11 is 4.79. The molecule has 0 atom stereocenters. The van der Waals surface area contributed by atoms with Gasteiger partial charge in [0.05, 0.1) is 11.4 Å². The maximum absolute atomic E-state index is 13.4. The summed E-state index contributed by atoms with van der Waals surface area (Å²) in [7, 11) is 0. The van der Waals surface area contributed by atoms with Gasteiger partial charge in [-0.05, 0) is 24.3 Å². The third-order valence-corrected chi connectivity index (χ3v) is 2.40. The van der Waals surface area contributed by atoms with Gasteiger partial charge in [-0.15, -0.1) is 0 Å². The Morgan fingerprint density at radius 1 is 1.22 bits per heavy atom. The average Bonchev–Trinajstić information content (AvgIpc) is 2.33. The first kappa shape index (κ1) is 12.4. The number of halogens is 2. The van der Waals surface area contributed by atoms with Gasteiger partial charge in [-0.1, -0.05) is 18.3 Å². The van der Waals surface area contributed by atoms with Crippen molar-refractivity contribution in [3.8, 4) is 0 Å². The van der Waals surface area contributed by atoms with E-state index in [0.29, 0.717) is 11.5 Å². The molecule has 92 valence electrons. The van der Waals surface area contributed by atoms with Crippen molar-refractivity contribution in [1.29, 1.82) is 0 Å². The van der Waals surface area contributed by atoms with Crippen LogP contribution in [-0.4, -0.2) is 9.97 Å². The molecule has 6 heteroatoms. The molecule has 0 aliphatic heterocycles. The van der Waals surface area contributed by atoms with Crippen molar-refractivity contribution in [3.05, 3.63) is 53.7 Å². The number of nitrogens with zero attached hydrogens (tertiary/aromatic N) is 1. The van der Waals surface area contributed by atoms with Gasteiger partial charge in [0.25, 0.3) is 0 Å². The van der Waals surface area contributed by atoms with Crippen LogP contribution in [0.15, 0.2) is 36.4 Å². The van der Waals surface area contributed by atoms with E-state index in [4.69, 9.17) is 18.0 Å². The molecule has 0 spiro atoms. The summed E-state index contributed by atoms with van der Waals surface area (Å²) < 4.78 is 26.2. The number of aromatic nitrogens is 1. The molecule has 0 saturated heterocycles. The molecule has 1 aromatic heterocycles. The standard InChI is InChI=1S/C12H9F2N3S/c13-7-4-5-9(8(14)6-7)16-11-3-1-2-10(17-11)12(15)18/h1-6H,(H2,15,18)(H,16,17). The van der Waals surface area contributed by atoms with Gasteiger partial charge in [-0.25, -0.2) is 13.8 Å². The lowest BCUT2D eigenvalue weighted by Gasteiger charge is -2.07. The highest BCUT2D eigenvalue weighted by atomic mass is 32.1. The van der Waals surface area contributed by atoms with Gasteiger partial charge in [-0.2, -0.15) is 0 Å². The lowest BCUT2D eigenvalue weighted by molar-refractivity contribution is 0.586. The topological polar surface area (TPSA) is 50.9 Å². The van der Waals surface area contributed by atoms with E-state index in [9.17, 15) is 8.78 Å². The quantitative estimate of drug-likeness (QED) is 0.838. The number of nitrogens with one attached hydrogen (secondary N) is 1. The molecular formula is C12H9F2N3S. The highest BCUT2D eigenvalue weighted by molar-refractivity contribution is 7.80. The smallest absolute Gasteiger partial charge is 0.149 e. The predicted octanol–water partition coefficient (Wildman–Crippen LogP) is 2.74. The van der Waals surface area contributed by atoms with E-state index in [1.807, 2.05) is 0 Å². The largest absolute Gasteiger partial charge is 0.388 e. The fourth-order valence-electron chi connectivity index (χ4n) is 1.37. The van der Waals surface area contributed by atoms with Crippen LogP contribution in [0.5, 0.6) is 0 Å². The van der Waals surface area contributed by atoms with E-state index in [2.05, 4.69) is 10.3 Å². The van der Waals surface area contributed by atoms with E-state index in [1.54, 1.807) is 18.2 Å². The molecule has 0 bridgehead atoms. The van der Waals surface area contributed by atoms with Crippen LogP contribution < -0.4 is 11.1 Å². The van der Waals surface area contributed by atoms with Gasteiger partial charge in [-0.3, -0.25) is 0 Å². The van der Waals surface area contributed by atoms with E-state index in [0.717, 1.165) is 12.1 Å². The van der Waals surface area contributed by atoms with Gasteiger partial charge >= 0.3 is 0 Å². The molecule has 0 radical (unpaired) electrons. The van der Waals surface area contributed by atoms with Crippen LogP contribution in [0, 0.1) is 11.6 Å². The Hall–Kier alpha value is -2.08.